The molecule has 0 amide bonds. The van der Waals surface area contributed by atoms with E-state index in [1.165, 1.54) is 25.1 Å². The normalized spacial score (nSPS) is 10.8. The molecule has 0 aliphatic heterocycles. The van der Waals surface area contributed by atoms with Gasteiger partial charge >= 0.3 is 0 Å². The number of sulfonamides is 1. The van der Waals surface area contributed by atoms with Crippen LogP contribution in [0.25, 0.3) is 0 Å². The van der Waals surface area contributed by atoms with E-state index in [1.54, 1.807) is 7.05 Å². The van der Waals surface area contributed by atoms with Gasteiger partial charge in [0.25, 0.3) is 5.69 Å². The monoisotopic (exact) mass is 309 g/mol. The Bertz CT molecular complexity index is 548. The highest BCUT2D eigenvalue weighted by atomic mass is 35.5. The summed E-state index contributed by atoms with van der Waals surface area (Å²) in [5.41, 5.74) is -0.0639. The topological polar surface area (TPSA) is 101 Å². The lowest BCUT2D eigenvalue weighted by atomic mass is 10.2. The Hall–Kier alpha value is -1.22. The van der Waals surface area contributed by atoms with Crippen molar-refractivity contribution in [3.05, 3.63) is 33.9 Å². The molecule has 0 bridgehead atoms. The Labute approximate surface area is 118 Å². The molecule has 7 nitrogen and oxygen atoms in total. The molecule has 0 aromatic heterocycles. The quantitative estimate of drug-likeness (QED) is 0.460. The molecule has 0 radical (unpaired) electrons. The zero-order chi connectivity index (χ0) is 13.8. The molecule has 2 N–H and O–H groups in total. The molecule has 0 heterocycles. The zero-order valence-electron chi connectivity index (χ0n) is 10.5. The maximum atomic E-state index is 11.9. The van der Waals surface area contributed by atoms with Gasteiger partial charge in [0, 0.05) is 24.7 Å². The number of nitrogens with one attached hydrogen (secondary N) is 2. The van der Waals surface area contributed by atoms with Crippen molar-refractivity contribution in [3.63, 3.8) is 0 Å². The molecule has 0 aliphatic rings. The fourth-order valence-electron chi connectivity index (χ4n) is 1.48. The highest BCUT2D eigenvalue weighted by Crippen LogP contribution is 2.24. The minimum absolute atomic E-state index is 0. The molecule has 0 atom stereocenters. The zero-order valence-corrected chi connectivity index (χ0v) is 12.2. The third-order valence-electron chi connectivity index (χ3n) is 2.41. The van der Waals surface area contributed by atoms with Crippen LogP contribution in [-0.2, 0) is 10.0 Å². The largest absolute Gasteiger partial charge is 0.318 e. The number of hydrogen-bond acceptors (Lipinski definition) is 5. The third-order valence-corrected chi connectivity index (χ3v) is 4.01. The number of nitro benzene ring substituents is 1. The molecule has 1 aromatic carbocycles. The Balaban J connectivity index is 0.00000324. The van der Waals surface area contributed by atoms with Gasteiger partial charge in [0.15, 0.2) is 0 Å². The Morgan fingerprint density at radius 2 is 1.95 bits per heavy atom. The van der Waals surface area contributed by atoms with Crippen molar-refractivity contribution in [1.29, 1.82) is 0 Å². The summed E-state index contributed by atoms with van der Waals surface area (Å²) < 4.78 is 26.3. The molecule has 19 heavy (non-hydrogen) atoms. The molecule has 1 aromatic rings. The predicted octanol–water partition coefficient (Wildman–Crippen LogP) is 0.823. The Morgan fingerprint density at radius 3 is 2.47 bits per heavy atom. The van der Waals surface area contributed by atoms with Gasteiger partial charge < -0.3 is 5.32 Å². The summed E-state index contributed by atoms with van der Waals surface area (Å²) in [6.07, 6.45) is 0. The van der Waals surface area contributed by atoms with Gasteiger partial charge in [-0.15, -0.1) is 12.4 Å². The van der Waals surface area contributed by atoms with Gasteiger partial charge in [-0.25, -0.2) is 13.1 Å². The SMILES string of the molecule is CNCCNS(=O)(=O)c1cccc([N+](=O)[O-])c1C.Cl. The van der Waals surface area contributed by atoms with E-state index in [4.69, 9.17) is 0 Å². The van der Waals surface area contributed by atoms with Gasteiger partial charge in [-0.1, -0.05) is 6.07 Å². The maximum absolute atomic E-state index is 11.9. The second-order valence-corrected chi connectivity index (χ2v) is 5.39. The van der Waals surface area contributed by atoms with Gasteiger partial charge in [0.2, 0.25) is 10.0 Å². The van der Waals surface area contributed by atoms with Crippen LogP contribution in [0.1, 0.15) is 5.56 Å². The summed E-state index contributed by atoms with van der Waals surface area (Å²) in [5, 5.41) is 13.5. The van der Waals surface area contributed by atoms with E-state index in [2.05, 4.69) is 10.0 Å². The van der Waals surface area contributed by atoms with Crippen LogP contribution in [0.15, 0.2) is 23.1 Å². The number of hydrogen-bond donors (Lipinski definition) is 2. The fraction of sp³-hybridized carbons (Fsp3) is 0.400. The second-order valence-electron chi connectivity index (χ2n) is 3.66. The third kappa shape index (κ3) is 4.43. The van der Waals surface area contributed by atoms with E-state index in [0.717, 1.165) is 0 Å². The molecule has 0 aliphatic carbocycles. The summed E-state index contributed by atoms with van der Waals surface area (Å²) >= 11 is 0. The van der Waals surface area contributed by atoms with E-state index >= 15 is 0 Å². The second kappa shape index (κ2) is 7.39. The predicted molar refractivity (Wildman–Crippen MR) is 74.2 cm³/mol. The molecule has 0 fully saturated rings. The molecule has 0 unspecified atom stereocenters. The number of likely N-dealkylation sites (N-methyl/N-ethyl adjacent to an activating group) is 1. The van der Waals surface area contributed by atoms with E-state index in [-0.39, 0.29) is 35.1 Å². The van der Waals surface area contributed by atoms with Crippen molar-refractivity contribution in [1.82, 2.24) is 10.0 Å². The average molecular weight is 310 g/mol. The lowest BCUT2D eigenvalue weighted by Gasteiger charge is -2.09. The average Bonchev–Trinajstić information content (AvgIpc) is 2.28. The van der Waals surface area contributed by atoms with Crippen LogP contribution in [0.3, 0.4) is 0 Å². The molecule has 0 spiro atoms. The van der Waals surface area contributed by atoms with E-state index in [1.807, 2.05) is 0 Å². The van der Waals surface area contributed by atoms with Crippen LogP contribution >= 0.6 is 12.4 Å². The van der Waals surface area contributed by atoms with Crippen molar-refractivity contribution in [2.75, 3.05) is 20.1 Å². The van der Waals surface area contributed by atoms with Crippen molar-refractivity contribution in [3.8, 4) is 0 Å². The molecule has 9 heteroatoms. The van der Waals surface area contributed by atoms with Gasteiger partial charge in [-0.2, -0.15) is 0 Å². The highest BCUT2D eigenvalue weighted by Gasteiger charge is 2.22. The number of nitrogens with zero attached hydrogens (tertiary/aromatic N) is 1. The minimum atomic E-state index is -3.71. The number of nitro groups is 1. The minimum Gasteiger partial charge on any atom is -0.318 e. The lowest BCUT2D eigenvalue weighted by molar-refractivity contribution is -0.385. The first-order valence-corrected chi connectivity index (χ1v) is 6.76. The summed E-state index contributed by atoms with van der Waals surface area (Å²) in [5.74, 6) is 0. The number of benzene rings is 1. The summed E-state index contributed by atoms with van der Waals surface area (Å²) in [6.45, 7) is 2.12. The van der Waals surface area contributed by atoms with E-state index < -0.39 is 14.9 Å². The number of halogens is 1. The van der Waals surface area contributed by atoms with Crippen LogP contribution in [0, 0.1) is 17.0 Å². The molecule has 0 saturated heterocycles. The molecule has 1 rings (SSSR count). The molecular formula is C10H16ClN3O4S. The van der Waals surface area contributed by atoms with Crippen molar-refractivity contribution in [2.24, 2.45) is 0 Å². The van der Waals surface area contributed by atoms with Gasteiger partial charge in [-0.3, -0.25) is 10.1 Å². The fourth-order valence-corrected chi connectivity index (χ4v) is 2.77. The van der Waals surface area contributed by atoms with E-state index in [0.29, 0.717) is 6.54 Å². The molecule has 0 saturated carbocycles. The Morgan fingerprint density at radius 1 is 1.32 bits per heavy atom. The Kier molecular flexibility index (Phi) is 6.91. The van der Waals surface area contributed by atoms with Crippen LogP contribution in [0.5, 0.6) is 0 Å². The van der Waals surface area contributed by atoms with Gasteiger partial charge in [-0.05, 0) is 20.0 Å². The molecule has 108 valence electrons. The first-order valence-electron chi connectivity index (χ1n) is 5.28. The van der Waals surface area contributed by atoms with Crippen molar-refractivity contribution in [2.45, 2.75) is 11.8 Å². The van der Waals surface area contributed by atoms with Gasteiger partial charge in [0.1, 0.15) is 0 Å². The van der Waals surface area contributed by atoms with Crippen molar-refractivity contribution < 1.29 is 13.3 Å². The smallest absolute Gasteiger partial charge is 0.273 e. The molecular weight excluding hydrogens is 294 g/mol. The lowest BCUT2D eigenvalue weighted by Crippen LogP contribution is -2.31. The van der Waals surface area contributed by atoms with Gasteiger partial charge in [0.05, 0.1) is 9.82 Å². The summed E-state index contributed by atoms with van der Waals surface area (Å²) in [4.78, 5) is 10.1. The maximum Gasteiger partial charge on any atom is 0.273 e. The van der Waals surface area contributed by atoms with Crippen LogP contribution < -0.4 is 10.0 Å². The van der Waals surface area contributed by atoms with Crippen LogP contribution in [-0.4, -0.2) is 33.5 Å². The van der Waals surface area contributed by atoms with E-state index in [9.17, 15) is 18.5 Å². The summed E-state index contributed by atoms with van der Waals surface area (Å²) in [7, 11) is -2.01. The highest BCUT2D eigenvalue weighted by molar-refractivity contribution is 7.89. The summed E-state index contributed by atoms with van der Waals surface area (Å²) in [6, 6.07) is 3.99. The van der Waals surface area contributed by atoms with Crippen LogP contribution in [0.4, 0.5) is 5.69 Å². The standard InChI is InChI=1S/C10H15N3O4S.ClH/c1-8-9(13(14)15)4-3-5-10(8)18(16,17)12-7-6-11-2;/h3-5,11-12H,6-7H2,1-2H3;1H. The van der Waals surface area contributed by atoms with Crippen molar-refractivity contribution >= 4 is 28.1 Å². The van der Waals surface area contributed by atoms with Crippen LogP contribution in [0.2, 0.25) is 0 Å². The first-order chi connectivity index (χ1) is 8.40. The first kappa shape index (κ1) is 17.8. The number of rotatable bonds is 6.